The van der Waals surface area contributed by atoms with Crippen molar-refractivity contribution in [2.45, 2.75) is 0 Å². The summed E-state index contributed by atoms with van der Waals surface area (Å²) in [5.41, 5.74) is 0.995. The van der Waals surface area contributed by atoms with Crippen LogP contribution in [0.3, 0.4) is 0 Å². The minimum absolute atomic E-state index is 0.0939. The maximum Gasteiger partial charge on any atom is 0.293 e. The smallest absolute Gasteiger partial charge is 0.293 e. The first-order valence-corrected chi connectivity index (χ1v) is 8.67. The molecule has 1 heterocycles. The second-order valence-electron chi connectivity index (χ2n) is 6.21. The van der Waals surface area contributed by atoms with Crippen LogP contribution in [0.5, 0.6) is 0 Å². The van der Waals surface area contributed by atoms with Crippen LogP contribution in [0.1, 0.15) is 20.9 Å². The van der Waals surface area contributed by atoms with Crippen molar-refractivity contribution in [1.29, 1.82) is 0 Å². The molecule has 0 unspecified atom stereocenters. The van der Waals surface area contributed by atoms with Gasteiger partial charge in [-0.05, 0) is 42.5 Å². The molecule has 5 nitrogen and oxygen atoms in total. The Balaban J connectivity index is 1.70. The van der Waals surface area contributed by atoms with Gasteiger partial charge in [-0.3, -0.25) is 9.59 Å². The van der Waals surface area contributed by atoms with E-state index in [0.717, 1.165) is 18.2 Å². The lowest BCUT2D eigenvalue weighted by molar-refractivity contribution is 0.0999. The predicted molar refractivity (Wildman–Crippen MR) is 105 cm³/mol. The summed E-state index contributed by atoms with van der Waals surface area (Å²) in [7, 11) is 0. The average Bonchev–Trinajstić information content (AvgIpc) is 3.09. The van der Waals surface area contributed by atoms with Crippen molar-refractivity contribution in [3.8, 4) is 0 Å². The summed E-state index contributed by atoms with van der Waals surface area (Å²) >= 11 is 0. The quantitative estimate of drug-likeness (QED) is 0.500. The predicted octanol–water partition coefficient (Wildman–Crippen LogP) is 5.22. The standard InChI is InChI=1S/C22H14F2N2O3/c23-16-11-10-13(12-17(16)24)21(27)26-19-15-8-4-5-9-18(15)29-20(19)22(28)25-14-6-2-1-3-7-14/h1-12H,(H,25,28)(H,26,27). The lowest BCUT2D eigenvalue weighted by Gasteiger charge is -2.08. The molecular weight excluding hydrogens is 378 g/mol. The lowest BCUT2D eigenvalue weighted by atomic mass is 10.1. The van der Waals surface area contributed by atoms with Gasteiger partial charge in [-0.1, -0.05) is 30.3 Å². The van der Waals surface area contributed by atoms with Crippen LogP contribution >= 0.6 is 0 Å². The van der Waals surface area contributed by atoms with Gasteiger partial charge >= 0.3 is 0 Å². The average molecular weight is 392 g/mol. The maximum atomic E-state index is 13.5. The van der Waals surface area contributed by atoms with E-state index in [-0.39, 0.29) is 17.0 Å². The van der Waals surface area contributed by atoms with Gasteiger partial charge < -0.3 is 15.1 Å². The summed E-state index contributed by atoms with van der Waals surface area (Å²) in [6.45, 7) is 0. The highest BCUT2D eigenvalue weighted by molar-refractivity contribution is 6.16. The first-order chi connectivity index (χ1) is 14.0. The van der Waals surface area contributed by atoms with Crippen LogP contribution in [0.4, 0.5) is 20.2 Å². The number of hydrogen-bond donors (Lipinski definition) is 2. The molecule has 4 rings (SSSR count). The molecule has 3 aromatic carbocycles. The molecule has 2 amide bonds. The number of amides is 2. The van der Waals surface area contributed by atoms with Gasteiger partial charge in [0.25, 0.3) is 11.8 Å². The van der Waals surface area contributed by atoms with Crippen LogP contribution in [0.25, 0.3) is 11.0 Å². The fourth-order valence-corrected chi connectivity index (χ4v) is 2.86. The third-order valence-corrected chi connectivity index (χ3v) is 4.25. The van der Waals surface area contributed by atoms with E-state index < -0.39 is 23.4 Å². The molecule has 0 aliphatic carbocycles. The van der Waals surface area contributed by atoms with Gasteiger partial charge in [0.05, 0.1) is 0 Å². The fraction of sp³-hybridized carbons (Fsp3) is 0. The number of carbonyl (C=O) groups is 2. The molecular formula is C22H14F2N2O3. The summed E-state index contributed by atoms with van der Waals surface area (Å²) in [6, 6.07) is 18.3. The first-order valence-electron chi connectivity index (χ1n) is 8.67. The van der Waals surface area contributed by atoms with Crippen molar-refractivity contribution in [3.63, 3.8) is 0 Å². The molecule has 0 bridgehead atoms. The van der Waals surface area contributed by atoms with Crippen molar-refractivity contribution in [1.82, 2.24) is 0 Å². The zero-order chi connectivity index (χ0) is 20.4. The number of nitrogens with one attached hydrogen (secondary N) is 2. The van der Waals surface area contributed by atoms with Crippen LogP contribution in [0.15, 0.2) is 77.2 Å². The van der Waals surface area contributed by atoms with Crippen LogP contribution < -0.4 is 10.6 Å². The summed E-state index contributed by atoms with van der Waals surface area (Å²) in [6.07, 6.45) is 0. The molecule has 29 heavy (non-hydrogen) atoms. The van der Waals surface area contributed by atoms with Crippen LogP contribution in [0, 0.1) is 11.6 Å². The topological polar surface area (TPSA) is 71.3 Å². The number of benzene rings is 3. The molecule has 4 aromatic rings. The highest BCUT2D eigenvalue weighted by atomic mass is 19.2. The van der Waals surface area contributed by atoms with E-state index in [1.54, 1.807) is 48.5 Å². The van der Waals surface area contributed by atoms with E-state index in [2.05, 4.69) is 10.6 Å². The van der Waals surface area contributed by atoms with Crippen molar-refractivity contribution in [3.05, 3.63) is 95.8 Å². The Morgan fingerprint density at radius 3 is 2.24 bits per heavy atom. The Labute approximate surface area is 164 Å². The third-order valence-electron chi connectivity index (χ3n) is 4.25. The second kappa shape index (κ2) is 7.55. The van der Waals surface area contributed by atoms with E-state index in [9.17, 15) is 18.4 Å². The van der Waals surface area contributed by atoms with Gasteiger partial charge in [0, 0.05) is 16.6 Å². The number of para-hydroxylation sites is 2. The molecule has 0 saturated carbocycles. The van der Waals surface area contributed by atoms with Crippen molar-refractivity contribution < 1.29 is 22.8 Å². The first kappa shape index (κ1) is 18.4. The van der Waals surface area contributed by atoms with E-state index in [0.29, 0.717) is 16.7 Å². The molecule has 1 aromatic heterocycles. The largest absolute Gasteiger partial charge is 0.449 e. The van der Waals surface area contributed by atoms with Crippen molar-refractivity contribution in [2.75, 3.05) is 10.6 Å². The van der Waals surface area contributed by atoms with Crippen LogP contribution in [-0.4, -0.2) is 11.8 Å². The maximum absolute atomic E-state index is 13.5. The Hall–Kier alpha value is -4.00. The number of halogens is 2. The van der Waals surface area contributed by atoms with Crippen molar-refractivity contribution in [2.24, 2.45) is 0 Å². The van der Waals surface area contributed by atoms with Gasteiger partial charge in [0.1, 0.15) is 11.3 Å². The number of hydrogen-bond acceptors (Lipinski definition) is 3. The molecule has 0 fully saturated rings. The SMILES string of the molecule is O=C(Nc1c(C(=O)Nc2ccccc2)oc2ccccc12)c1ccc(F)c(F)c1. The second-order valence-corrected chi connectivity index (χ2v) is 6.21. The Kier molecular flexibility index (Phi) is 4.78. The molecule has 7 heteroatoms. The molecule has 0 spiro atoms. The molecule has 0 aliphatic rings. The Bertz CT molecular complexity index is 1220. The minimum atomic E-state index is -1.14. The number of rotatable bonds is 4. The Morgan fingerprint density at radius 2 is 1.48 bits per heavy atom. The monoisotopic (exact) mass is 392 g/mol. The van der Waals surface area contributed by atoms with E-state index in [4.69, 9.17) is 4.42 Å². The number of anilines is 2. The van der Waals surface area contributed by atoms with Gasteiger partial charge in [0.2, 0.25) is 5.76 Å². The zero-order valence-corrected chi connectivity index (χ0v) is 14.9. The minimum Gasteiger partial charge on any atom is -0.449 e. The molecule has 0 radical (unpaired) electrons. The van der Waals surface area contributed by atoms with Gasteiger partial charge in [-0.25, -0.2) is 8.78 Å². The van der Waals surface area contributed by atoms with Crippen molar-refractivity contribution >= 4 is 34.2 Å². The zero-order valence-electron chi connectivity index (χ0n) is 14.9. The summed E-state index contributed by atoms with van der Waals surface area (Å²) in [4.78, 5) is 25.3. The van der Waals surface area contributed by atoms with E-state index in [1.165, 1.54) is 0 Å². The van der Waals surface area contributed by atoms with Gasteiger partial charge in [-0.15, -0.1) is 0 Å². The highest BCUT2D eigenvalue weighted by Crippen LogP contribution is 2.32. The molecule has 2 N–H and O–H groups in total. The fourth-order valence-electron chi connectivity index (χ4n) is 2.86. The van der Waals surface area contributed by atoms with E-state index in [1.807, 2.05) is 6.07 Å². The van der Waals surface area contributed by atoms with E-state index >= 15 is 0 Å². The molecule has 0 aliphatic heterocycles. The van der Waals surface area contributed by atoms with Crippen LogP contribution in [-0.2, 0) is 0 Å². The normalized spacial score (nSPS) is 10.7. The number of fused-ring (bicyclic) bond motifs is 1. The lowest BCUT2D eigenvalue weighted by Crippen LogP contribution is -2.17. The molecule has 144 valence electrons. The summed E-state index contributed by atoms with van der Waals surface area (Å²) < 4.78 is 32.3. The number of carbonyl (C=O) groups excluding carboxylic acids is 2. The van der Waals surface area contributed by atoms with Gasteiger partial charge in [-0.2, -0.15) is 0 Å². The Morgan fingerprint density at radius 1 is 0.759 bits per heavy atom. The highest BCUT2D eigenvalue weighted by Gasteiger charge is 2.23. The number of furan rings is 1. The van der Waals surface area contributed by atoms with Crippen LogP contribution in [0.2, 0.25) is 0 Å². The van der Waals surface area contributed by atoms with Gasteiger partial charge in [0.15, 0.2) is 11.6 Å². The molecule has 0 saturated heterocycles. The molecule has 0 atom stereocenters. The third kappa shape index (κ3) is 3.70. The summed E-state index contributed by atoms with van der Waals surface area (Å²) in [5.74, 6) is -3.57. The summed E-state index contributed by atoms with van der Waals surface area (Å²) in [5, 5.41) is 5.78.